The van der Waals surface area contributed by atoms with Gasteiger partial charge in [0.2, 0.25) is 5.91 Å². The van der Waals surface area contributed by atoms with E-state index in [4.69, 9.17) is 4.74 Å². The highest BCUT2D eigenvalue weighted by Crippen LogP contribution is 2.25. The molecule has 1 heterocycles. The maximum atomic E-state index is 12.4. The van der Waals surface area contributed by atoms with Crippen LogP contribution in [0, 0.1) is 0 Å². The first-order valence-corrected chi connectivity index (χ1v) is 7.91. The first-order chi connectivity index (χ1) is 10.6. The van der Waals surface area contributed by atoms with Gasteiger partial charge in [-0.2, -0.15) is 0 Å². The Balaban J connectivity index is 2.09. The summed E-state index contributed by atoms with van der Waals surface area (Å²) in [5.74, 6) is -0.0564. The Morgan fingerprint density at radius 3 is 2.39 bits per heavy atom. The predicted octanol–water partition coefficient (Wildman–Crippen LogP) is 3.04. The van der Waals surface area contributed by atoms with Gasteiger partial charge in [0.1, 0.15) is 12.1 Å². The summed E-state index contributed by atoms with van der Waals surface area (Å²) in [6, 6.07) is 9.88. The molecule has 1 saturated heterocycles. The van der Waals surface area contributed by atoms with Gasteiger partial charge < -0.3 is 9.64 Å². The molecule has 0 aliphatic carbocycles. The molecule has 1 aliphatic heterocycles. The van der Waals surface area contributed by atoms with Gasteiger partial charge in [-0.1, -0.05) is 30.3 Å². The average molecular weight is 318 g/mol. The number of benzene rings is 1. The zero-order valence-corrected chi connectivity index (χ0v) is 14.6. The standard InChI is InChI=1S/C18H26N2O3/c1-17(2,3)23-16(22)20-12-15(21)19(13-18(20,4)5)11-14-9-7-6-8-10-14/h6-10H,11-13H2,1-5H3. The molecule has 0 unspecified atom stereocenters. The fourth-order valence-electron chi connectivity index (χ4n) is 2.67. The minimum Gasteiger partial charge on any atom is -0.444 e. The third-order valence-electron chi connectivity index (χ3n) is 3.78. The monoisotopic (exact) mass is 318 g/mol. The van der Waals surface area contributed by atoms with Gasteiger partial charge in [-0.25, -0.2) is 4.79 Å². The van der Waals surface area contributed by atoms with Crippen LogP contribution in [0.2, 0.25) is 0 Å². The highest BCUT2D eigenvalue weighted by Gasteiger charge is 2.42. The lowest BCUT2D eigenvalue weighted by atomic mass is 9.98. The summed E-state index contributed by atoms with van der Waals surface area (Å²) in [5, 5.41) is 0. The van der Waals surface area contributed by atoms with Crippen molar-refractivity contribution >= 4 is 12.0 Å². The predicted molar refractivity (Wildman–Crippen MR) is 88.9 cm³/mol. The van der Waals surface area contributed by atoms with E-state index >= 15 is 0 Å². The van der Waals surface area contributed by atoms with Crippen LogP contribution >= 0.6 is 0 Å². The number of hydrogen-bond acceptors (Lipinski definition) is 3. The zero-order chi connectivity index (χ0) is 17.3. The SMILES string of the molecule is CC(C)(C)OC(=O)N1CC(=O)N(Cc2ccccc2)CC1(C)C. The van der Waals surface area contributed by atoms with Gasteiger partial charge in [-0.3, -0.25) is 9.69 Å². The van der Waals surface area contributed by atoms with E-state index in [9.17, 15) is 9.59 Å². The van der Waals surface area contributed by atoms with Gasteiger partial charge in [0, 0.05) is 13.1 Å². The number of nitrogens with zero attached hydrogens (tertiary/aromatic N) is 2. The molecule has 1 aliphatic rings. The molecular formula is C18H26N2O3. The lowest BCUT2D eigenvalue weighted by Gasteiger charge is -2.46. The van der Waals surface area contributed by atoms with Crippen molar-refractivity contribution in [2.75, 3.05) is 13.1 Å². The van der Waals surface area contributed by atoms with E-state index in [2.05, 4.69) is 0 Å². The van der Waals surface area contributed by atoms with Crippen LogP contribution in [-0.4, -0.2) is 46.0 Å². The molecule has 2 amide bonds. The molecule has 0 aromatic heterocycles. The number of amides is 2. The second kappa shape index (κ2) is 6.22. The third-order valence-corrected chi connectivity index (χ3v) is 3.78. The van der Waals surface area contributed by atoms with E-state index in [0.29, 0.717) is 13.1 Å². The van der Waals surface area contributed by atoms with Gasteiger partial charge in [0.05, 0.1) is 5.54 Å². The third kappa shape index (κ3) is 4.47. The lowest BCUT2D eigenvalue weighted by Crippen LogP contribution is -2.63. The Morgan fingerprint density at radius 2 is 1.83 bits per heavy atom. The van der Waals surface area contributed by atoms with E-state index in [1.165, 1.54) is 4.90 Å². The zero-order valence-electron chi connectivity index (χ0n) is 14.6. The van der Waals surface area contributed by atoms with Crippen LogP contribution in [0.25, 0.3) is 0 Å². The molecule has 126 valence electrons. The van der Waals surface area contributed by atoms with Crippen LogP contribution in [-0.2, 0) is 16.1 Å². The highest BCUT2D eigenvalue weighted by molar-refractivity contribution is 5.84. The largest absolute Gasteiger partial charge is 0.444 e. The molecule has 1 aromatic rings. The molecule has 0 saturated carbocycles. The average Bonchev–Trinajstić information content (AvgIpc) is 2.41. The van der Waals surface area contributed by atoms with Crippen molar-refractivity contribution < 1.29 is 14.3 Å². The molecule has 2 rings (SSSR count). The van der Waals surface area contributed by atoms with Crippen molar-refractivity contribution in [3.63, 3.8) is 0 Å². The van der Waals surface area contributed by atoms with E-state index in [-0.39, 0.29) is 12.5 Å². The fraction of sp³-hybridized carbons (Fsp3) is 0.556. The number of hydrogen-bond donors (Lipinski definition) is 0. The number of carbonyl (C=O) groups excluding carboxylic acids is 2. The quantitative estimate of drug-likeness (QED) is 0.842. The number of carbonyl (C=O) groups is 2. The van der Waals surface area contributed by atoms with Gasteiger partial charge >= 0.3 is 6.09 Å². The number of rotatable bonds is 2. The Morgan fingerprint density at radius 1 is 1.22 bits per heavy atom. The smallest absolute Gasteiger partial charge is 0.411 e. The maximum Gasteiger partial charge on any atom is 0.411 e. The normalized spacial score (nSPS) is 18.0. The summed E-state index contributed by atoms with van der Waals surface area (Å²) >= 11 is 0. The topological polar surface area (TPSA) is 49.9 Å². The van der Waals surface area contributed by atoms with Gasteiger partial charge in [0.15, 0.2) is 0 Å². The van der Waals surface area contributed by atoms with Gasteiger partial charge in [0.25, 0.3) is 0 Å². The lowest BCUT2D eigenvalue weighted by molar-refractivity contribution is -0.142. The van der Waals surface area contributed by atoms with Crippen LogP contribution < -0.4 is 0 Å². The fourth-order valence-corrected chi connectivity index (χ4v) is 2.67. The van der Waals surface area contributed by atoms with Crippen molar-refractivity contribution in [2.24, 2.45) is 0 Å². The van der Waals surface area contributed by atoms with Crippen molar-refractivity contribution in [3.8, 4) is 0 Å². The van der Waals surface area contributed by atoms with Crippen LogP contribution in [0.4, 0.5) is 4.79 Å². The molecule has 5 nitrogen and oxygen atoms in total. The molecule has 0 N–H and O–H groups in total. The summed E-state index contributed by atoms with van der Waals surface area (Å²) in [7, 11) is 0. The number of piperazine rings is 1. The van der Waals surface area contributed by atoms with Crippen molar-refractivity contribution in [3.05, 3.63) is 35.9 Å². The Bertz CT molecular complexity index is 576. The van der Waals surface area contributed by atoms with E-state index < -0.39 is 17.2 Å². The molecule has 0 spiro atoms. The summed E-state index contributed by atoms with van der Waals surface area (Å²) in [5.41, 5.74) is 0.0462. The molecule has 1 aromatic carbocycles. The van der Waals surface area contributed by atoms with Crippen LogP contribution in [0.5, 0.6) is 0 Å². The first kappa shape index (κ1) is 17.3. The second-order valence-electron chi connectivity index (χ2n) is 7.61. The Labute approximate surface area is 138 Å². The van der Waals surface area contributed by atoms with Crippen molar-refractivity contribution in [2.45, 2.75) is 52.3 Å². The van der Waals surface area contributed by atoms with Crippen molar-refractivity contribution in [1.82, 2.24) is 9.80 Å². The molecule has 5 heteroatoms. The maximum absolute atomic E-state index is 12.4. The van der Waals surface area contributed by atoms with E-state index in [1.807, 2.05) is 65.0 Å². The highest BCUT2D eigenvalue weighted by atomic mass is 16.6. The van der Waals surface area contributed by atoms with Gasteiger partial charge in [-0.05, 0) is 40.2 Å². The summed E-state index contributed by atoms with van der Waals surface area (Å²) in [6.07, 6.45) is -0.435. The Kier molecular flexibility index (Phi) is 4.68. The molecular weight excluding hydrogens is 292 g/mol. The van der Waals surface area contributed by atoms with E-state index in [1.54, 1.807) is 4.90 Å². The molecule has 1 fully saturated rings. The molecule has 23 heavy (non-hydrogen) atoms. The molecule has 0 atom stereocenters. The summed E-state index contributed by atoms with van der Waals surface area (Å²) < 4.78 is 5.43. The molecule has 0 radical (unpaired) electrons. The van der Waals surface area contributed by atoms with Crippen LogP contribution in [0.15, 0.2) is 30.3 Å². The minimum atomic E-state index is -0.572. The molecule has 0 bridgehead atoms. The van der Waals surface area contributed by atoms with Crippen LogP contribution in [0.1, 0.15) is 40.2 Å². The minimum absolute atomic E-state index is 0.0503. The second-order valence-corrected chi connectivity index (χ2v) is 7.61. The first-order valence-electron chi connectivity index (χ1n) is 7.91. The Hall–Kier alpha value is -2.04. The summed E-state index contributed by atoms with van der Waals surface area (Å²) in [4.78, 5) is 28.1. The van der Waals surface area contributed by atoms with Crippen molar-refractivity contribution in [1.29, 1.82) is 0 Å². The summed E-state index contributed by atoms with van der Waals surface area (Å²) in [6.45, 7) is 10.5. The van der Waals surface area contributed by atoms with E-state index in [0.717, 1.165) is 5.56 Å². The van der Waals surface area contributed by atoms with Gasteiger partial charge in [-0.15, -0.1) is 0 Å². The number of ether oxygens (including phenoxy) is 1. The van der Waals surface area contributed by atoms with Crippen LogP contribution in [0.3, 0.4) is 0 Å².